The Morgan fingerprint density at radius 1 is 1.18 bits per heavy atom. The third-order valence-electron chi connectivity index (χ3n) is 3.67. The van der Waals surface area contributed by atoms with E-state index in [0.29, 0.717) is 13.0 Å². The molecule has 2 rings (SSSR count). The van der Waals surface area contributed by atoms with Crippen LogP contribution in [0.25, 0.3) is 0 Å². The van der Waals surface area contributed by atoms with E-state index in [1.807, 2.05) is 27.7 Å². The van der Waals surface area contributed by atoms with Gasteiger partial charge in [-0.3, -0.25) is 4.79 Å². The standard InChI is InChI=1S/C18H25N3O/c1-6-15-16(12-20-21(17(15)22)18(3,4)5)19-11-14-9-7-13(2)8-10-14/h7-10,12,19H,6,11H2,1-5H3. The van der Waals surface area contributed by atoms with Crippen molar-refractivity contribution >= 4 is 5.69 Å². The van der Waals surface area contributed by atoms with Gasteiger partial charge < -0.3 is 5.32 Å². The molecule has 0 fully saturated rings. The molecular weight excluding hydrogens is 274 g/mol. The molecule has 1 aromatic carbocycles. The highest BCUT2D eigenvalue weighted by molar-refractivity contribution is 5.48. The monoisotopic (exact) mass is 299 g/mol. The van der Waals surface area contributed by atoms with Crippen LogP contribution in [0.15, 0.2) is 35.3 Å². The van der Waals surface area contributed by atoms with Crippen LogP contribution in [0.3, 0.4) is 0 Å². The van der Waals surface area contributed by atoms with E-state index in [0.717, 1.165) is 11.3 Å². The summed E-state index contributed by atoms with van der Waals surface area (Å²) in [6.07, 6.45) is 2.45. The molecule has 0 amide bonds. The van der Waals surface area contributed by atoms with Crippen LogP contribution < -0.4 is 10.9 Å². The molecule has 4 heteroatoms. The highest BCUT2D eigenvalue weighted by atomic mass is 16.1. The van der Waals surface area contributed by atoms with Crippen molar-refractivity contribution in [1.29, 1.82) is 0 Å². The maximum Gasteiger partial charge on any atom is 0.272 e. The second kappa shape index (κ2) is 6.34. The van der Waals surface area contributed by atoms with Gasteiger partial charge in [-0.2, -0.15) is 5.10 Å². The highest BCUT2D eigenvalue weighted by Gasteiger charge is 2.19. The first-order chi connectivity index (χ1) is 10.3. The smallest absolute Gasteiger partial charge is 0.272 e. The maximum absolute atomic E-state index is 12.6. The lowest BCUT2D eigenvalue weighted by atomic mass is 10.1. The van der Waals surface area contributed by atoms with Crippen molar-refractivity contribution in [2.75, 3.05) is 5.32 Å². The summed E-state index contributed by atoms with van der Waals surface area (Å²) in [7, 11) is 0. The quantitative estimate of drug-likeness (QED) is 0.940. The first kappa shape index (κ1) is 16.3. The Morgan fingerprint density at radius 2 is 1.82 bits per heavy atom. The lowest BCUT2D eigenvalue weighted by Crippen LogP contribution is -2.37. The van der Waals surface area contributed by atoms with Crippen molar-refractivity contribution in [3.05, 3.63) is 57.5 Å². The molecule has 1 aromatic heterocycles. The molecule has 0 spiro atoms. The van der Waals surface area contributed by atoms with Crippen LogP contribution in [0.4, 0.5) is 5.69 Å². The topological polar surface area (TPSA) is 46.9 Å². The number of benzene rings is 1. The van der Waals surface area contributed by atoms with Gasteiger partial charge in [-0.05, 0) is 39.7 Å². The summed E-state index contributed by atoms with van der Waals surface area (Å²) in [6.45, 7) is 10.7. The number of rotatable bonds is 4. The van der Waals surface area contributed by atoms with E-state index < -0.39 is 0 Å². The van der Waals surface area contributed by atoms with Crippen molar-refractivity contribution in [2.45, 2.75) is 53.1 Å². The van der Waals surface area contributed by atoms with Crippen LogP contribution in [-0.2, 0) is 18.5 Å². The van der Waals surface area contributed by atoms with E-state index in [4.69, 9.17) is 0 Å². The summed E-state index contributed by atoms with van der Waals surface area (Å²) >= 11 is 0. The summed E-state index contributed by atoms with van der Waals surface area (Å²) in [4.78, 5) is 12.6. The normalized spacial score (nSPS) is 11.5. The molecule has 0 aliphatic carbocycles. The summed E-state index contributed by atoms with van der Waals surface area (Å²) in [5, 5.41) is 7.67. The fourth-order valence-electron chi connectivity index (χ4n) is 2.36. The fourth-order valence-corrected chi connectivity index (χ4v) is 2.36. The molecule has 0 unspecified atom stereocenters. The van der Waals surface area contributed by atoms with Crippen LogP contribution in [0.5, 0.6) is 0 Å². The minimum absolute atomic E-state index is 0.0103. The maximum atomic E-state index is 12.6. The van der Waals surface area contributed by atoms with Crippen molar-refractivity contribution in [3.8, 4) is 0 Å². The van der Waals surface area contributed by atoms with Crippen molar-refractivity contribution < 1.29 is 0 Å². The van der Waals surface area contributed by atoms with Crippen molar-refractivity contribution in [1.82, 2.24) is 9.78 Å². The summed E-state index contributed by atoms with van der Waals surface area (Å²) < 4.78 is 1.56. The molecule has 0 atom stereocenters. The number of hydrogen-bond acceptors (Lipinski definition) is 3. The third-order valence-corrected chi connectivity index (χ3v) is 3.67. The molecule has 1 heterocycles. The molecule has 2 aromatic rings. The summed E-state index contributed by atoms with van der Waals surface area (Å²) in [5.41, 5.74) is 3.73. The molecule has 0 aliphatic heterocycles. The van der Waals surface area contributed by atoms with Gasteiger partial charge in [0, 0.05) is 12.1 Å². The van der Waals surface area contributed by atoms with Crippen LogP contribution in [0.2, 0.25) is 0 Å². The number of hydrogen-bond donors (Lipinski definition) is 1. The third kappa shape index (κ3) is 3.56. The first-order valence-corrected chi connectivity index (χ1v) is 7.74. The Labute approximate surface area is 132 Å². The van der Waals surface area contributed by atoms with E-state index in [-0.39, 0.29) is 11.1 Å². The first-order valence-electron chi connectivity index (χ1n) is 7.74. The SMILES string of the molecule is CCc1c(NCc2ccc(C)cc2)cnn(C(C)(C)C)c1=O. The van der Waals surface area contributed by atoms with E-state index in [1.54, 1.807) is 10.9 Å². The van der Waals surface area contributed by atoms with Gasteiger partial charge in [0.25, 0.3) is 5.56 Å². The molecule has 1 N–H and O–H groups in total. The zero-order valence-corrected chi connectivity index (χ0v) is 14.1. The zero-order valence-electron chi connectivity index (χ0n) is 14.1. The average Bonchev–Trinajstić information content (AvgIpc) is 2.45. The predicted molar refractivity (Wildman–Crippen MR) is 91.4 cm³/mol. The number of aromatic nitrogens is 2. The predicted octanol–water partition coefficient (Wildman–Crippen LogP) is 3.48. The second-order valence-corrected chi connectivity index (χ2v) is 6.62. The average molecular weight is 299 g/mol. The number of nitrogens with one attached hydrogen (secondary N) is 1. The van der Waals surface area contributed by atoms with Gasteiger partial charge in [-0.1, -0.05) is 36.8 Å². The molecule has 4 nitrogen and oxygen atoms in total. The molecular formula is C18H25N3O. The lowest BCUT2D eigenvalue weighted by molar-refractivity contribution is 0.336. The highest BCUT2D eigenvalue weighted by Crippen LogP contribution is 2.16. The molecule has 0 radical (unpaired) electrons. The molecule has 0 bridgehead atoms. The minimum atomic E-state index is -0.309. The van der Waals surface area contributed by atoms with Crippen molar-refractivity contribution in [2.24, 2.45) is 0 Å². The van der Waals surface area contributed by atoms with Gasteiger partial charge in [0.15, 0.2) is 0 Å². The van der Waals surface area contributed by atoms with Gasteiger partial charge in [0.1, 0.15) is 0 Å². The minimum Gasteiger partial charge on any atom is -0.379 e. The molecule has 118 valence electrons. The number of aryl methyl sites for hydroxylation is 1. The van der Waals surface area contributed by atoms with Gasteiger partial charge in [-0.25, -0.2) is 4.68 Å². The van der Waals surface area contributed by atoms with E-state index >= 15 is 0 Å². The van der Waals surface area contributed by atoms with Crippen LogP contribution in [0, 0.1) is 6.92 Å². The Balaban J connectivity index is 2.26. The Kier molecular flexibility index (Phi) is 4.69. The Morgan fingerprint density at radius 3 is 2.36 bits per heavy atom. The zero-order chi connectivity index (χ0) is 16.3. The van der Waals surface area contributed by atoms with E-state index in [1.165, 1.54) is 11.1 Å². The largest absolute Gasteiger partial charge is 0.379 e. The Hall–Kier alpha value is -2.10. The summed E-state index contributed by atoms with van der Waals surface area (Å²) in [6, 6.07) is 8.37. The van der Waals surface area contributed by atoms with E-state index in [2.05, 4.69) is 41.6 Å². The summed E-state index contributed by atoms with van der Waals surface area (Å²) in [5.74, 6) is 0. The second-order valence-electron chi connectivity index (χ2n) is 6.62. The van der Waals surface area contributed by atoms with Gasteiger partial charge in [0.2, 0.25) is 0 Å². The number of anilines is 1. The lowest BCUT2D eigenvalue weighted by Gasteiger charge is -2.22. The van der Waals surface area contributed by atoms with Gasteiger partial charge in [0.05, 0.1) is 17.4 Å². The molecule has 0 saturated heterocycles. The van der Waals surface area contributed by atoms with Crippen LogP contribution >= 0.6 is 0 Å². The Bertz CT molecular complexity index is 694. The van der Waals surface area contributed by atoms with Crippen LogP contribution in [-0.4, -0.2) is 9.78 Å². The van der Waals surface area contributed by atoms with E-state index in [9.17, 15) is 4.79 Å². The van der Waals surface area contributed by atoms with Crippen LogP contribution in [0.1, 0.15) is 44.4 Å². The van der Waals surface area contributed by atoms with Gasteiger partial charge >= 0.3 is 0 Å². The molecule has 0 aliphatic rings. The number of nitrogens with zero attached hydrogens (tertiary/aromatic N) is 2. The van der Waals surface area contributed by atoms with Crippen molar-refractivity contribution in [3.63, 3.8) is 0 Å². The van der Waals surface area contributed by atoms with Gasteiger partial charge in [-0.15, -0.1) is 0 Å². The molecule has 0 saturated carbocycles. The fraction of sp³-hybridized carbons (Fsp3) is 0.444. The molecule has 22 heavy (non-hydrogen) atoms.